The maximum atomic E-state index is 11.0. The standard InChI is InChI=1S/C9H10O2.C8H9NO2.C8H8O3/c1-2-11-9(10)8-6-4-3-5-7-8;2*1-11-8(10)6-4-2-3-5-7(6)9/h3-7H,2H2,1H3;2-5H,9H2,1H3;2-5,9H,1H3. The second kappa shape index (κ2) is 14.6. The summed E-state index contributed by atoms with van der Waals surface area (Å²) in [6.07, 6.45) is 0. The summed E-state index contributed by atoms with van der Waals surface area (Å²) in [5.41, 5.74) is 7.15. The van der Waals surface area contributed by atoms with E-state index in [-0.39, 0.29) is 17.3 Å². The minimum absolute atomic E-state index is 0.0562. The maximum absolute atomic E-state index is 11.0. The van der Waals surface area contributed by atoms with Crippen molar-refractivity contribution in [1.82, 2.24) is 0 Å². The summed E-state index contributed by atoms with van der Waals surface area (Å²) >= 11 is 0. The molecule has 0 heterocycles. The Labute approximate surface area is 192 Å². The number of benzene rings is 3. The van der Waals surface area contributed by atoms with Crippen molar-refractivity contribution >= 4 is 23.6 Å². The number of methoxy groups -OCH3 is 2. The van der Waals surface area contributed by atoms with Gasteiger partial charge in [0.25, 0.3) is 0 Å². The van der Waals surface area contributed by atoms with E-state index in [9.17, 15) is 14.4 Å². The molecule has 0 bridgehead atoms. The Balaban J connectivity index is 0.000000247. The molecule has 3 aromatic carbocycles. The number of hydrogen-bond donors (Lipinski definition) is 2. The second-order valence-electron chi connectivity index (χ2n) is 6.17. The first kappa shape index (κ1) is 26.7. The molecule has 0 aliphatic carbocycles. The highest BCUT2D eigenvalue weighted by Gasteiger charge is 2.08. The van der Waals surface area contributed by atoms with E-state index < -0.39 is 11.9 Å². The average molecular weight is 453 g/mol. The molecular formula is C25H27NO7. The zero-order valence-corrected chi connectivity index (χ0v) is 18.7. The van der Waals surface area contributed by atoms with E-state index in [1.54, 1.807) is 55.5 Å². The van der Waals surface area contributed by atoms with Gasteiger partial charge in [0.1, 0.15) is 11.3 Å². The molecule has 0 unspecified atom stereocenters. The third-order valence-corrected chi connectivity index (χ3v) is 3.96. The highest BCUT2D eigenvalue weighted by atomic mass is 16.5. The Morgan fingerprint density at radius 2 is 1.21 bits per heavy atom. The Kier molecular flexibility index (Phi) is 11.8. The van der Waals surface area contributed by atoms with Gasteiger partial charge >= 0.3 is 17.9 Å². The summed E-state index contributed by atoms with van der Waals surface area (Å²) in [5, 5.41) is 9.11. The SMILES string of the molecule is CCOC(=O)c1ccccc1.COC(=O)c1ccccc1N.COC(=O)c1ccccc1O. The molecule has 0 aliphatic rings. The van der Waals surface area contributed by atoms with E-state index in [2.05, 4.69) is 9.47 Å². The van der Waals surface area contributed by atoms with Gasteiger partial charge in [-0.05, 0) is 43.3 Å². The predicted molar refractivity (Wildman–Crippen MR) is 124 cm³/mol. The number of carbonyl (C=O) groups excluding carboxylic acids is 3. The number of aromatic hydroxyl groups is 1. The quantitative estimate of drug-likeness (QED) is 0.344. The summed E-state index contributed by atoms with van der Waals surface area (Å²) in [7, 11) is 2.60. The third-order valence-electron chi connectivity index (χ3n) is 3.96. The summed E-state index contributed by atoms with van der Waals surface area (Å²) < 4.78 is 13.7. The number of esters is 3. The maximum Gasteiger partial charge on any atom is 0.341 e. The van der Waals surface area contributed by atoms with E-state index in [1.807, 2.05) is 18.2 Å². The number of phenolic OH excluding ortho intramolecular Hbond substituents is 1. The molecule has 0 aliphatic heterocycles. The molecule has 3 rings (SSSR count). The minimum atomic E-state index is -0.525. The molecule has 0 saturated carbocycles. The lowest BCUT2D eigenvalue weighted by Crippen LogP contribution is -2.04. The van der Waals surface area contributed by atoms with Crippen LogP contribution in [0.2, 0.25) is 0 Å². The monoisotopic (exact) mass is 453 g/mol. The number of ether oxygens (including phenoxy) is 3. The van der Waals surface area contributed by atoms with Crippen molar-refractivity contribution in [3.63, 3.8) is 0 Å². The number of carbonyl (C=O) groups is 3. The Morgan fingerprint density at radius 3 is 1.73 bits per heavy atom. The third kappa shape index (κ3) is 9.14. The van der Waals surface area contributed by atoms with Crippen LogP contribution in [0.5, 0.6) is 5.75 Å². The van der Waals surface area contributed by atoms with Crippen LogP contribution in [0.15, 0.2) is 78.9 Å². The Hall–Kier alpha value is -4.33. The fourth-order valence-corrected chi connectivity index (χ4v) is 2.34. The van der Waals surface area contributed by atoms with Crippen LogP contribution in [0.25, 0.3) is 0 Å². The molecule has 0 aromatic heterocycles. The summed E-state index contributed by atoms with van der Waals surface area (Å²) in [6.45, 7) is 2.22. The van der Waals surface area contributed by atoms with Crippen LogP contribution < -0.4 is 5.73 Å². The highest BCUT2D eigenvalue weighted by molar-refractivity contribution is 5.94. The zero-order chi connectivity index (χ0) is 24.6. The largest absolute Gasteiger partial charge is 0.507 e. The van der Waals surface area contributed by atoms with Crippen LogP contribution in [0.1, 0.15) is 38.0 Å². The van der Waals surface area contributed by atoms with Crippen LogP contribution in [0.3, 0.4) is 0 Å². The van der Waals surface area contributed by atoms with Gasteiger partial charge in [-0.2, -0.15) is 0 Å². The average Bonchev–Trinajstić information content (AvgIpc) is 2.85. The van der Waals surface area contributed by atoms with Gasteiger partial charge in [-0.15, -0.1) is 0 Å². The Bertz CT molecular complexity index is 978. The van der Waals surface area contributed by atoms with Crippen molar-refractivity contribution in [3.05, 3.63) is 95.6 Å². The van der Waals surface area contributed by atoms with Gasteiger partial charge in [0, 0.05) is 5.69 Å². The first-order valence-electron chi connectivity index (χ1n) is 9.86. The fraction of sp³-hybridized carbons (Fsp3) is 0.160. The zero-order valence-electron chi connectivity index (χ0n) is 18.7. The number of phenols is 1. The lowest BCUT2D eigenvalue weighted by atomic mass is 10.2. The van der Waals surface area contributed by atoms with Crippen LogP contribution in [-0.4, -0.2) is 43.8 Å². The molecule has 33 heavy (non-hydrogen) atoms. The van der Waals surface area contributed by atoms with Crippen molar-refractivity contribution < 1.29 is 33.7 Å². The molecule has 8 nitrogen and oxygen atoms in total. The smallest absolute Gasteiger partial charge is 0.341 e. The molecule has 0 atom stereocenters. The van der Waals surface area contributed by atoms with Crippen molar-refractivity contribution in [2.75, 3.05) is 26.6 Å². The molecule has 0 spiro atoms. The number of hydrogen-bond acceptors (Lipinski definition) is 8. The summed E-state index contributed by atoms with van der Waals surface area (Å²) in [5.74, 6) is -1.24. The van der Waals surface area contributed by atoms with Crippen molar-refractivity contribution in [2.45, 2.75) is 6.92 Å². The van der Waals surface area contributed by atoms with Gasteiger partial charge < -0.3 is 25.1 Å². The van der Waals surface area contributed by atoms with Crippen LogP contribution in [0.4, 0.5) is 5.69 Å². The van der Waals surface area contributed by atoms with Gasteiger partial charge in [-0.3, -0.25) is 0 Å². The van der Waals surface area contributed by atoms with Crippen molar-refractivity contribution in [3.8, 4) is 5.75 Å². The normalized spacial score (nSPS) is 9.18. The molecular weight excluding hydrogens is 426 g/mol. The number of anilines is 1. The van der Waals surface area contributed by atoms with Gasteiger partial charge in [0.15, 0.2) is 0 Å². The van der Waals surface area contributed by atoms with Crippen LogP contribution >= 0.6 is 0 Å². The van der Waals surface area contributed by atoms with Gasteiger partial charge in [0.05, 0.1) is 32.0 Å². The van der Waals surface area contributed by atoms with E-state index >= 15 is 0 Å². The highest BCUT2D eigenvalue weighted by Crippen LogP contribution is 2.15. The molecule has 3 aromatic rings. The first-order valence-corrected chi connectivity index (χ1v) is 9.86. The number of nitrogens with two attached hydrogens (primary N) is 1. The second-order valence-corrected chi connectivity index (χ2v) is 6.17. The van der Waals surface area contributed by atoms with Crippen molar-refractivity contribution in [1.29, 1.82) is 0 Å². The van der Waals surface area contributed by atoms with E-state index in [1.165, 1.54) is 26.4 Å². The fourth-order valence-electron chi connectivity index (χ4n) is 2.34. The molecule has 0 radical (unpaired) electrons. The topological polar surface area (TPSA) is 125 Å². The predicted octanol–water partition coefficient (Wildman–Crippen LogP) is 4.10. The molecule has 174 valence electrons. The molecule has 0 saturated heterocycles. The lowest BCUT2D eigenvalue weighted by molar-refractivity contribution is 0.0524. The summed E-state index contributed by atoms with van der Waals surface area (Å²) in [6, 6.07) is 22.0. The van der Waals surface area contributed by atoms with Crippen molar-refractivity contribution in [2.24, 2.45) is 0 Å². The molecule has 0 amide bonds. The molecule has 3 N–H and O–H groups in total. The van der Waals surface area contributed by atoms with Crippen LogP contribution in [0, 0.1) is 0 Å². The van der Waals surface area contributed by atoms with E-state index in [0.29, 0.717) is 23.4 Å². The minimum Gasteiger partial charge on any atom is -0.507 e. The van der Waals surface area contributed by atoms with Gasteiger partial charge in [-0.1, -0.05) is 42.5 Å². The number of nitrogen functional groups attached to an aromatic ring is 1. The Morgan fingerprint density at radius 1 is 0.727 bits per heavy atom. The van der Waals surface area contributed by atoms with Gasteiger partial charge in [-0.25, -0.2) is 14.4 Å². The molecule has 8 heteroatoms. The van der Waals surface area contributed by atoms with E-state index in [4.69, 9.17) is 15.6 Å². The lowest BCUT2D eigenvalue weighted by Gasteiger charge is -2.00. The first-order chi connectivity index (χ1) is 15.8. The summed E-state index contributed by atoms with van der Waals surface area (Å²) in [4.78, 5) is 32.8. The van der Waals surface area contributed by atoms with E-state index in [0.717, 1.165) is 0 Å². The van der Waals surface area contributed by atoms with Crippen LogP contribution in [-0.2, 0) is 14.2 Å². The molecule has 0 fully saturated rings. The number of para-hydroxylation sites is 2. The van der Waals surface area contributed by atoms with Gasteiger partial charge in [0.2, 0.25) is 0 Å². The number of rotatable bonds is 4.